The Morgan fingerprint density at radius 1 is 1.10 bits per heavy atom. The number of alkyl halides is 3. The first-order chi connectivity index (χ1) is 14.5. The third kappa shape index (κ3) is 4.47. The first-order valence-corrected chi connectivity index (χ1v) is 11.8. The highest BCUT2D eigenvalue weighted by atomic mass is 32.2. The second-order valence-electron chi connectivity index (χ2n) is 8.04. The maximum Gasteiger partial charge on any atom is 0.434 e. The smallest absolute Gasteiger partial charge is 0.336 e. The Balaban J connectivity index is 1.53. The molecule has 1 aromatic heterocycles. The van der Waals surface area contributed by atoms with E-state index in [1.807, 2.05) is 11.8 Å². The minimum absolute atomic E-state index is 0.0859. The number of amides is 1. The van der Waals surface area contributed by atoms with E-state index < -0.39 is 33.2 Å². The molecular weight excluding hydrogens is 433 g/mol. The zero-order valence-electron chi connectivity index (χ0n) is 17.0. The topological polar surface area (TPSA) is 75.5 Å². The molecule has 0 aliphatic carbocycles. The van der Waals surface area contributed by atoms with Crippen molar-refractivity contribution in [3.8, 4) is 5.69 Å². The summed E-state index contributed by atoms with van der Waals surface area (Å²) in [5.41, 5.74) is -0.450. The normalized spacial score (nSPS) is 22.1. The second kappa shape index (κ2) is 7.94. The molecule has 11 heteroatoms. The van der Waals surface area contributed by atoms with Gasteiger partial charge in [-0.2, -0.15) is 18.3 Å². The Morgan fingerprint density at radius 2 is 1.74 bits per heavy atom. The number of sulfone groups is 1. The van der Waals surface area contributed by atoms with Crippen LogP contribution in [0.15, 0.2) is 30.5 Å². The molecule has 1 atom stereocenters. The summed E-state index contributed by atoms with van der Waals surface area (Å²) in [5.74, 6) is -0.462. The van der Waals surface area contributed by atoms with Crippen molar-refractivity contribution in [2.24, 2.45) is 0 Å². The predicted molar refractivity (Wildman–Crippen MR) is 108 cm³/mol. The maximum absolute atomic E-state index is 13.9. The van der Waals surface area contributed by atoms with Gasteiger partial charge in [0.1, 0.15) is 0 Å². The van der Waals surface area contributed by atoms with Crippen molar-refractivity contribution < 1.29 is 26.4 Å². The molecule has 0 spiro atoms. The second-order valence-corrected chi connectivity index (χ2v) is 10.3. The Morgan fingerprint density at radius 3 is 2.29 bits per heavy atom. The number of aryl methyl sites for hydroxylation is 1. The first kappa shape index (κ1) is 21.8. The van der Waals surface area contributed by atoms with Gasteiger partial charge in [-0.15, -0.1) is 0 Å². The van der Waals surface area contributed by atoms with E-state index >= 15 is 0 Å². The van der Waals surface area contributed by atoms with Crippen molar-refractivity contribution in [1.82, 2.24) is 19.6 Å². The fourth-order valence-corrected chi connectivity index (χ4v) is 5.94. The Bertz CT molecular complexity index is 1070. The molecule has 0 bridgehead atoms. The average molecular weight is 456 g/mol. The highest BCUT2D eigenvalue weighted by Gasteiger charge is 2.42. The zero-order chi connectivity index (χ0) is 22.4. The van der Waals surface area contributed by atoms with Crippen LogP contribution in [-0.2, 0) is 16.0 Å². The van der Waals surface area contributed by atoms with Crippen LogP contribution in [-0.4, -0.2) is 77.6 Å². The van der Waals surface area contributed by atoms with Crippen LogP contribution in [0.5, 0.6) is 0 Å². The Kier molecular flexibility index (Phi) is 5.59. The van der Waals surface area contributed by atoms with E-state index in [4.69, 9.17) is 0 Å². The monoisotopic (exact) mass is 456 g/mol. The van der Waals surface area contributed by atoms with E-state index in [0.29, 0.717) is 19.5 Å². The number of piperazine rings is 1. The zero-order valence-corrected chi connectivity index (χ0v) is 17.8. The summed E-state index contributed by atoms with van der Waals surface area (Å²) in [7, 11) is -3.02. The molecule has 2 saturated heterocycles. The standard InChI is InChI=1S/C20H23F3N4O3S/c1-14-2-4-15(5-3-14)27-18(20(21,22)23)17(12-24-27)19(28)26-9-7-25(8-10-26)16-6-11-31(29,30)13-16/h2-5,12,16H,6-11,13H2,1H3. The fourth-order valence-electron chi connectivity index (χ4n) is 4.18. The van der Waals surface area contributed by atoms with Crippen LogP contribution < -0.4 is 0 Å². The van der Waals surface area contributed by atoms with E-state index in [9.17, 15) is 26.4 Å². The molecule has 0 saturated carbocycles. The van der Waals surface area contributed by atoms with Gasteiger partial charge in [-0.3, -0.25) is 9.69 Å². The molecule has 1 unspecified atom stereocenters. The molecule has 3 heterocycles. The van der Waals surface area contributed by atoms with Crippen LogP contribution >= 0.6 is 0 Å². The number of nitrogens with zero attached hydrogens (tertiary/aromatic N) is 4. The van der Waals surface area contributed by atoms with E-state index in [1.165, 1.54) is 17.0 Å². The van der Waals surface area contributed by atoms with Gasteiger partial charge in [-0.1, -0.05) is 17.7 Å². The number of carbonyl (C=O) groups is 1. The van der Waals surface area contributed by atoms with Crippen LogP contribution in [0.4, 0.5) is 13.2 Å². The van der Waals surface area contributed by atoms with Gasteiger partial charge < -0.3 is 4.90 Å². The lowest BCUT2D eigenvalue weighted by Gasteiger charge is -2.37. The highest BCUT2D eigenvalue weighted by molar-refractivity contribution is 7.91. The summed E-state index contributed by atoms with van der Waals surface area (Å²) in [4.78, 5) is 16.3. The third-order valence-corrected chi connectivity index (χ3v) is 7.62. The molecule has 0 radical (unpaired) electrons. The fraction of sp³-hybridized carbons (Fsp3) is 0.500. The third-order valence-electron chi connectivity index (χ3n) is 5.87. The molecule has 0 N–H and O–H groups in total. The lowest BCUT2D eigenvalue weighted by molar-refractivity contribution is -0.143. The number of rotatable bonds is 3. The molecule has 1 amide bonds. The van der Waals surface area contributed by atoms with Gasteiger partial charge in [-0.05, 0) is 25.5 Å². The number of benzene rings is 1. The summed E-state index contributed by atoms with van der Waals surface area (Å²) in [5, 5.41) is 3.86. The molecule has 2 fully saturated rings. The predicted octanol–water partition coefficient (Wildman–Crippen LogP) is 2.14. The van der Waals surface area contributed by atoms with Gasteiger partial charge in [0.25, 0.3) is 5.91 Å². The molecule has 7 nitrogen and oxygen atoms in total. The number of halogens is 3. The molecule has 2 aromatic rings. The van der Waals surface area contributed by atoms with Crippen molar-refractivity contribution in [3.63, 3.8) is 0 Å². The van der Waals surface area contributed by atoms with Gasteiger partial charge in [0, 0.05) is 32.2 Å². The minimum atomic E-state index is -4.76. The molecule has 168 valence electrons. The van der Waals surface area contributed by atoms with Crippen LogP contribution in [0.1, 0.15) is 28.0 Å². The molecule has 2 aliphatic heterocycles. The SMILES string of the molecule is Cc1ccc(-n2ncc(C(=O)N3CCN(C4CCS(=O)(=O)C4)CC3)c2C(F)(F)F)cc1. The van der Waals surface area contributed by atoms with E-state index in [-0.39, 0.29) is 36.3 Å². The van der Waals surface area contributed by atoms with E-state index in [2.05, 4.69) is 5.10 Å². The molecule has 4 rings (SSSR count). The van der Waals surface area contributed by atoms with Gasteiger partial charge in [0.05, 0.1) is 29.0 Å². The lowest BCUT2D eigenvalue weighted by Crippen LogP contribution is -2.52. The molecule has 31 heavy (non-hydrogen) atoms. The summed E-state index contributed by atoms with van der Waals surface area (Å²) in [6.45, 7) is 3.16. The van der Waals surface area contributed by atoms with Crippen LogP contribution in [0.3, 0.4) is 0 Å². The maximum atomic E-state index is 13.9. The van der Waals surface area contributed by atoms with Crippen molar-refractivity contribution >= 4 is 15.7 Å². The first-order valence-electron chi connectivity index (χ1n) is 10.0. The number of aromatic nitrogens is 2. The molecule has 2 aliphatic rings. The van der Waals surface area contributed by atoms with Crippen LogP contribution in [0, 0.1) is 6.92 Å². The van der Waals surface area contributed by atoms with Crippen molar-refractivity contribution in [2.75, 3.05) is 37.7 Å². The van der Waals surface area contributed by atoms with Gasteiger partial charge >= 0.3 is 6.18 Å². The summed E-state index contributed by atoms with van der Waals surface area (Å²) in [6, 6.07) is 6.33. The van der Waals surface area contributed by atoms with Crippen LogP contribution in [0.2, 0.25) is 0 Å². The van der Waals surface area contributed by atoms with E-state index in [1.54, 1.807) is 12.1 Å². The Labute approximate surface area is 178 Å². The quantitative estimate of drug-likeness (QED) is 0.708. The number of hydrogen-bond acceptors (Lipinski definition) is 5. The number of hydrogen-bond donors (Lipinski definition) is 0. The lowest BCUT2D eigenvalue weighted by atomic mass is 10.1. The average Bonchev–Trinajstić information content (AvgIpc) is 3.32. The summed E-state index contributed by atoms with van der Waals surface area (Å²) >= 11 is 0. The highest BCUT2D eigenvalue weighted by Crippen LogP contribution is 2.34. The largest absolute Gasteiger partial charge is 0.434 e. The summed E-state index contributed by atoms with van der Waals surface area (Å²) < 4.78 is 65.8. The minimum Gasteiger partial charge on any atom is -0.336 e. The van der Waals surface area contributed by atoms with Crippen molar-refractivity contribution in [3.05, 3.63) is 47.3 Å². The van der Waals surface area contributed by atoms with E-state index in [0.717, 1.165) is 16.4 Å². The molecule has 1 aromatic carbocycles. The van der Waals surface area contributed by atoms with Crippen molar-refractivity contribution in [1.29, 1.82) is 0 Å². The Hall–Kier alpha value is -2.40. The molecular formula is C20H23F3N4O3S. The number of carbonyl (C=O) groups excluding carboxylic acids is 1. The van der Waals surface area contributed by atoms with Gasteiger partial charge in [0.15, 0.2) is 15.5 Å². The van der Waals surface area contributed by atoms with Crippen LogP contribution in [0.25, 0.3) is 5.69 Å². The van der Waals surface area contributed by atoms with Crippen molar-refractivity contribution in [2.45, 2.75) is 25.6 Å². The van der Waals surface area contributed by atoms with Gasteiger partial charge in [-0.25, -0.2) is 13.1 Å². The van der Waals surface area contributed by atoms with Gasteiger partial charge in [0.2, 0.25) is 0 Å². The summed E-state index contributed by atoms with van der Waals surface area (Å²) in [6.07, 6.45) is -3.23.